The van der Waals surface area contributed by atoms with Crippen LogP contribution in [0.25, 0.3) is 10.8 Å². The fraction of sp³-hybridized carbons (Fsp3) is 0.414. The van der Waals surface area contributed by atoms with E-state index in [1.54, 1.807) is 29.6 Å². The topological polar surface area (TPSA) is 107 Å². The minimum absolute atomic E-state index is 0.0110. The van der Waals surface area contributed by atoms with E-state index in [1.165, 1.54) is 0 Å². The summed E-state index contributed by atoms with van der Waals surface area (Å²) in [6.07, 6.45) is 7.25. The molecule has 2 amide bonds. The molecule has 0 aromatic carbocycles. The molecular formula is C29H31N5O4. The van der Waals surface area contributed by atoms with E-state index in [1.807, 2.05) is 39.8 Å². The second-order valence-electron chi connectivity index (χ2n) is 10.7. The zero-order chi connectivity index (χ0) is 26.9. The summed E-state index contributed by atoms with van der Waals surface area (Å²) in [5.74, 6) is 7.50. The van der Waals surface area contributed by atoms with Crippen molar-refractivity contribution in [3.05, 3.63) is 53.7 Å². The highest BCUT2D eigenvalue weighted by Gasteiger charge is 2.31. The van der Waals surface area contributed by atoms with Crippen molar-refractivity contribution < 1.29 is 19.1 Å². The zero-order valence-electron chi connectivity index (χ0n) is 22.1. The third kappa shape index (κ3) is 6.20. The van der Waals surface area contributed by atoms with Crippen molar-refractivity contribution in [1.82, 2.24) is 19.9 Å². The predicted octanol–water partition coefficient (Wildman–Crippen LogP) is 4.47. The Bertz CT molecular complexity index is 1430. The van der Waals surface area contributed by atoms with Gasteiger partial charge in [-0.15, -0.1) is 0 Å². The molecule has 196 valence electrons. The van der Waals surface area contributed by atoms with Crippen LogP contribution < -0.4 is 10.1 Å². The molecular weight excluding hydrogens is 482 g/mol. The zero-order valence-corrected chi connectivity index (χ0v) is 22.1. The average Bonchev–Trinajstić information content (AvgIpc) is 3.62. The molecule has 1 saturated heterocycles. The summed E-state index contributed by atoms with van der Waals surface area (Å²) >= 11 is 0. The molecule has 1 atom stereocenters. The largest absolute Gasteiger partial charge is 0.487 e. The normalized spacial score (nSPS) is 17.1. The number of aryl methyl sites for hydroxylation is 1. The van der Waals surface area contributed by atoms with Crippen molar-refractivity contribution in [1.29, 1.82) is 0 Å². The minimum Gasteiger partial charge on any atom is -0.487 e. The molecule has 0 bridgehead atoms. The minimum atomic E-state index is -0.525. The first-order valence-corrected chi connectivity index (χ1v) is 12.8. The van der Waals surface area contributed by atoms with Crippen LogP contribution in [-0.2, 0) is 9.53 Å². The number of nitrogens with one attached hydrogen (secondary N) is 1. The summed E-state index contributed by atoms with van der Waals surface area (Å²) in [4.78, 5) is 39.4. The first-order chi connectivity index (χ1) is 18.1. The number of nitrogens with zero attached hydrogens (tertiary/aromatic N) is 4. The van der Waals surface area contributed by atoms with E-state index in [2.05, 4.69) is 32.1 Å². The third-order valence-electron chi connectivity index (χ3n) is 6.33. The van der Waals surface area contributed by atoms with E-state index < -0.39 is 5.60 Å². The van der Waals surface area contributed by atoms with Crippen LogP contribution in [0.3, 0.4) is 0 Å². The fourth-order valence-corrected chi connectivity index (χ4v) is 4.17. The van der Waals surface area contributed by atoms with Gasteiger partial charge in [0, 0.05) is 47.7 Å². The molecule has 9 heteroatoms. The van der Waals surface area contributed by atoms with Crippen LogP contribution >= 0.6 is 0 Å². The first kappa shape index (κ1) is 25.5. The highest BCUT2D eigenvalue weighted by Crippen LogP contribution is 2.30. The Morgan fingerprint density at radius 3 is 2.55 bits per heavy atom. The summed E-state index contributed by atoms with van der Waals surface area (Å²) in [5.41, 5.74) is 1.63. The Kier molecular flexibility index (Phi) is 6.89. The second kappa shape index (κ2) is 10.3. The first-order valence-electron chi connectivity index (χ1n) is 12.8. The van der Waals surface area contributed by atoms with Gasteiger partial charge in [-0.05, 0) is 64.7 Å². The Balaban J connectivity index is 1.25. The molecule has 2 aliphatic rings. The van der Waals surface area contributed by atoms with Gasteiger partial charge in [0.15, 0.2) is 0 Å². The summed E-state index contributed by atoms with van der Waals surface area (Å²) < 4.78 is 11.5. The van der Waals surface area contributed by atoms with Crippen molar-refractivity contribution in [2.24, 2.45) is 5.92 Å². The lowest BCUT2D eigenvalue weighted by Crippen LogP contribution is -2.36. The number of amides is 2. The maximum atomic E-state index is 12.3. The molecule has 3 aromatic rings. The smallest absolute Gasteiger partial charge is 0.410 e. The van der Waals surface area contributed by atoms with Gasteiger partial charge in [-0.25, -0.2) is 14.8 Å². The molecule has 0 spiro atoms. The van der Waals surface area contributed by atoms with Crippen LogP contribution in [0.1, 0.15) is 57.0 Å². The van der Waals surface area contributed by atoms with Gasteiger partial charge in [0.05, 0.1) is 18.3 Å². The third-order valence-corrected chi connectivity index (χ3v) is 6.33. The number of rotatable bonds is 4. The van der Waals surface area contributed by atoms with E-state index in [0.717, 1.165) is 41.3 Å². The van der Waals surface area contributed by atoms with Crippen molar-refractivity contribution in [2.45, 2.75) is 58.7 Å². The van der Waals surface area contributed by atoms with E-state index in [-0.39, 0.29) is 24.0 Å². The van der Waals surface area contributed by atoms with Gasteiger partial charge >= 0.3 is 6.09 Å². The van der Waals surface area contributed by atoms with Crippen LogP contribution in [0.4, 0.5) is 10.6 Å². The van der Waals surface area contributed by atoms with Gasteiger partial charge in [0.25, 0.3) is 0 Å². The number of fused-ring (bicyclic) bond motifs is 1. The number of pyridine rings is 3. The van der Waals surface area contributed by atoms with Crippen molar-refractivity contribution in [2.75, 3.05) is 18.4 Å². The maximum Gasteiger partial charge on any atom is 0.410 e. The Labute approximate surface area is 222 Å². The highest BCUT2D eigenvalue weighted by molar-refractivity contribution is 5.96. The lowest BCUT2D eigenvalue weighted by molar-refractivity contribution is -0.117. The molecule has 2 fully saturated rings. The maximum absolute atomic E-state index is 12.3. The van der Waals surface area contributed by atoms with Gasteiger partial charge in [0.2, 0.25) is 5.91 Å². The second-order valence-corrected chi connectivity index (χ2v) is 10.7. The number of hydrogen-bond donors (Lipinski definition) is 1. The number of hydrogen-bond acceptors (Lipinski definition) is 7. The monoisotopic (exact) mass is 513 g/mol. The van der Waals surface area contributed by atoms with E-state index in [0.29, 0.717) is 30.4 Å². The van der Waals surface area contributed by atoms with Crippen molar-refractivity contribution in [3.8, 4) is 17.6 Å². The van der Waals surface area contributed by atoms with Crippen LogP contribution in [0.2, 0.25) is 0 Å². The molecule has 9 nitrogen and oxygen atoms in total. The van der Waals surface area contributed by atoms with Crippen molar-refractivity contribution in [3.63, 3.8) is 0 Å². The fourth-order valence-electron chi connectivity index (χ4n) is 4.17. The number of carbonyl (C=O) groups excluding carboxylic acids is 2. The molecule has 1 N–H and O–H groups in total. The summed E-state index contributed by atoms with van der Waals surface area (Å²) in [6, 6.07) is 5.48. The predicted molar refractivity (Wildman–Crippen MR) is 143 cm³/mol. The average molecular weight is 514 g/mol. The van der Waals surface area contributed by atoms with Crippen LogP contribution in [0.15, 0.2) is 36.8 Å². The van der Waals surface area contributed by atoms with Crippen molar-refractivity contribution >= 4 is 28.6 Å². The summed E-state index contributed by atoms with van der Waals surface area (Å²) in [7, 11) is 0. The van der Waals surface area contributed by atoms with Gasteiger partial charge in [0.1, 0.15) is 29.0 Å². The molecule has 1 saturated carbocycles. The summed E-state index contributed by atoms with van der Waals surface area (Å²) in [6.45, 7) is 8.55. The Morgan fingerprint density at radius 1 is 1.03 bits per heavy atom. The van der Waals surface area contributed by atoms with Crippen LogP contribution in [-0.4, -0.2) is 56.6 Å². The number of ether oxygens (including phenoxy) is 2. The van der Waals surface area contributed by atoms with E-state index >= 15 is 0 Å². The molecule has 1 aliphatic carbocycles. The molecule has 5 rings (SSSR count). The summed E-state index contributed by atoms with van der Waals surface area (Å²) in [5, 5.41) is 4.66. The highest BCUT2D eigenvalue weighted by atomic mass is 16.6. The van der Waals surface area contributed by atoms with Gasteiger partial charge < -0.3 is 19.7 Å². The molecule has 4 heterocycles. The molecule has 0 radical (unpaired) electrons. The SMILES string of the molecule is Cc1ncc(C#Cc2ccc(OC3CCN(C(=O)OC(C)(C)C)C3)cn2)c2cc(NC(=O)C3CC3)ncc12. The van der Waals surface area contributed by atoms with Crippen LogP contribution in [0.5, 0.6) is 5.75 Å². The Morgan fingerprint density at radius 2 is 1.84 bits per heavy atom. The number of aromatic nitrogens is 3. The standard InChI is InChI=1S/C29H31N5O4/c1-18-25-16-32-26(33-27(35)19-5-6-19)13-24(25)20(14-30-18)7-8-21-9-10-22(15-31-21)37-23-11-12-34(17-23)28(36)38-29(2,3)4/h9-10,13-16,19,23H,5-6,11-12,17H2,1-4H3,(H,32,33,35). The quantitative estimate of drug-likeness (QED) is 0.513. The lowest BCUT2D eigenvalue weighted by atomic mass is 10.1. The number of carbonyl (C=O) groups is 2. The van der Waals surface area contributed by atoms with Gasteiger partial charge in [-0.2, -0.15) is 0 Å². The molecule has 3 aromatic heterocycles. The molecule has 38 heavy (non-hydrogen) atoms. The van der Waals surface area contributed by atoms with Gasteiger partial charge in [-0.3, -0.25) is 9.78 Å². The van der Waals surface area contributed by atoms with E-state index in [4.69, 9.17) is 9.47 Å². The Hall–Kier alpha value is -4.19. The number of likely N-dealkylation sites (tertiary alicyclic amines) is 1. The molecule has 1 aliphatic heterocycles. The van der Waals surface area contributed by atoms with E-state index in [9.17, 15) is 9.59 Å². The number of anilines is 1. The molecule has 1 unspecified atom stereocenters. The van der Waals surface area contributed by atoms with Gasteiger partial charge in [-0.1, -0.05) is 5.92 Å². The lowest BCUT2D eigenvalue weighted by Gasteiger charge is -2.24. The van der Waals surface area contributed by atoms with Crippen LogP contribution in [0, 0.1) is 24.7 Å².